The van der Waals surface area contributed by atoms with E-state index in [0.717, 1.165) is 0 Å². The summed E-state index contributed by atoms with van der Waals surface area (Å²) >= 11 is 0. The number of aliphatic hydroxyl groups excluding tert-OH is 1. The van der Waals surface area contributed by atoms with E-state index in [0.29, 0.717) is 58.9 Å². The molecule has 2 N–H and O–H groups in total. The fraction of sp³-hybridized carbons (Fsp3) is 0.348. The number of para-hydroxylation sites is 1. The molecule has 0 saturated carbocycles. The molecule has 2 aromatic heterocycles. The summed E-state index contributed by atoms with van der Waals surface area (Å²) < 4.78 is 5.94. The molecule has 1 fully saturated rings. The number of rotatable bonds is 5. The lowest BCUT2D eigenvalue weighted by Crippen LogP contribution is -2.43. The molecule has 166 valence electrons. The Balaban J connectivity index is 1.63. The molecule has 3 aromatic rings. The van der Waals surface area contributed by atoms with Crippen molar-refractivity contribution in [2.45, 2.75) is 20.0 Å². The second-order valence-corrected chi connectivity index (χ2v) is 7.62. The monoisotopic (exact) mass is 435 g/mol. The van der Waals surface area contributed by atoms with Crippen molar-refractivity contribution in [1.82, 2.24) is 25.2 Å². The van der Waals surface area contributed by atoms with E-state index < -0.39 is 6.10 Å². The number of fused-ring (bicyclic) bond motifs is 1. The van der Waals surface area contributed by atoms with Crippen molar-refractivity contribution in [2.24, 2.45) is 0 Å². The van der Waals surface area contributed by atoms with Gasteiger partial charge in [-0.15, -0.1) is 0 Å². The van der Waals surface area contributed by atoms with Crippen molar-refractivity contribution in [3.8, 4) is 0 Å². The molecule has 0 spiro atoms. The molecule has 1 aliphatic heterocycles. The Labute approximate surface area is 185 Å². The normalized spacial score (nSPS) is 16.2. The average Bonchev–Trinajstić information content (AvgIpc) is 2.81. The van der Waals surface area contributed by atoms with E-state index in [1.165, 1.54) is 0 Å². The number of nitrogens with one attached hydrogen (secondary N) is 1. The number of ether oxygens (including phenoxy) is 1. The molecule has 0 radical (unpaired) electrons. The van der Waals surface area contributed by atoms with Gasteiger partial charge in [-0.05, 0) is 26.0 Å². The van der Waals surface area contributed by atoms with E-state index in [1.54, 1.807) is 31.0 Å². The van der Waals surface area contributed by atoms with E-state index in [-0.39, 0.29) is 25.0 Å². The number of pyridine rings is 1. The van der Waals surface area contributed by atoms with Crippen LogP contribution in [0.5, 0.6) is 0 Å². The third kappa shape index (κ3) is 4.44. The van der Waals surface area contributed by atoms with Gasteiger partial charge in [-0.3, -0.25) is 9.59 Å². The minimum Gasteiger partial charge on any atom is -0.395 e. The van der Waals surface area contributed by atoms with Crippen molar-refractivity contribution in [1.29, 1.82) is 0 Å². The molecule has 9 nitrogen and oxygen atoms in total. The molecule has 1 saturated heterocycles. The molecular formula is C23H25N5O4. The smallest absolute Gasteiger partial charge is 0.257 e. The summed E-state index contributed by atoms with van der Waals surface area (Å²) in [5.41, 5.74) is 2.79. The molecule has 4 rings (SSSR count). The van der Waals surface area contributed by atoms with E-state index in [4.69, 9.17) is 14.8 Å². The number of hydrogen-bond donors (Lipinski definition) is 2. The summed E-state index contributed by atoms with van der Waals surface area (Å²) in [5, 5.41) is 12.5. The van der Waals surface area contributed by atoms with Gasteiger partial charge in [0.2, 0.25) is 0 Å². The number of carbonyl (C=O) groups is 2. The number of carbonyl (C=O) groups excluding carboxylic acids is 2. The zero-order chi connectivity index (χ0) is 22.7. The van der Waals surface area contributed by atoms with Gasteiger partial charge in [0, 0.05) is 24.7 Å². The number of benzene rings is 1. The van der Waals surface area contributed by atoms with Gasteiger partial charge >= 0.3 is 0 Å². The summed E-state index contributed by atoms with van der Waals surface area (Å²) in [4.78, 5) is 40.7. The maximum absolute atomic E-state index is 13.1. The molecular weight excluding hydrogens is 410 g/mol. The first-order valence-electron chi connectivity index (χ1n) is 10.5. The molecule has 0 bridgehead atoms. The second kappa shape index (κ2) is 9.37. The van der Waals surface area contributed by atoms with Crippen LogP contribution >= 0.6 is 0 Å². The Bertz CT molecular complexity index is 1170. The van der Waals surface area contributed by atoms with Gasteiger partial charge in [0.05, 0.1) is 47.8 Å². The highest BCUT2D eigenvalue weighted by atomic mass is 16.5. The minimum atomic E-state index is -0.478. The summed E-state index contributed by atoms with van der Waals surface area (Å²) in [7, 11) is 0. The second-order valence-electron chi connectivity index (χ2n) is 7.62. The Hall–Kier alpha value is -3.43. The Morgan fingerprint density at radius 2 is 2.03 bits per heavy atom. The van der Waals surface area contributed by atoms with Crippen LogP contribution in [-0.2, 0) is 4.74 Å². The Morgan fingerprint density at radius 3 is 2.81 bits per heavy atom. The van der Waals surface area contributed by atoms with Crippen molar-refractivity contribution < 1.29 is 19.4 Å². The molecule has 1 unspecified atom stereocenters. The highest BCUT2D eigenvalue weighted by Gasteiger charge is 2.29. The largest absolute Gasteiger partial charge is 0.395 e. The Kier molecular flexibility index (Phi) is 6.38. The van der Waals surface area contributed by atoms with Crippen LogP contribution in [0.1, 0.15) is 44.0 Å². The molecule has 1 aliphatic rings. The molecule has 3 heterocycles. The van der Waals surface area contributed by atoms with Crippen molar-refractivity contribution >= 4 is 22.7 Å². The zero-order valence-electron chi connectivity index (χ0n) is 18.0. The van der Waals surface area contributed by atoms with Gasteiger partial charge in [0.1, 0.15) is 11.9 Å². The number of nitrogens with zero attached hydrogens (tertiary/aromatic N) is 4. The maximum atomic E-state index is 13.1. The van der Waals surface area contributed by atoms with Crippen LogP contribution in [0, 0.1) is 13.8 Å². The van der Waals surface area contributed by atoms with Crippen molar-refractivity contribution in [2.75, 3.05) is 32.8 Å². The molecule has 1 atom stereocenters. The lowest BCUT2D eigenvalue weighted by molar-refractivity contribution is -0.0246. The fourth-order valence-electron chi connectivity index (χ4n) is 3.79. The summed E-state index contributed by atoms with van der Waals surface area (Å²) in [5.74, 6) is 0.166. The summed E-state index contributed by atoms with van der Waals surface area (Å²) in [6.45, 7) is 4.68. The van der Waals surface area contributed by atoms with Crippen molar-refractivity contribution in [3.05, 3.63) is 64.9 Å². The van der Waals surface area contributed by atoms with Crippen LogP contribution in [0.4, 0.5) is 0 Å². The summed E-state index contributed by atoms with van der Waals surface area (Å²) in [6, 6.07) is 9.06. The lowest BCUT2D eigenvalue weighted by Gasteiger charge is -2.33. The van der Waals surface area contributed by atoms with Crippen LogP contribution in [0.3, 0.4) is 0 Å². The average molecular weight is 435 g/mol. The zero-order valence-corrected chi connectivity index (χ0v) is 18.0. The number of aromatic nitrogens is 3. The maximum Gasteiger partial charge on any atom is 0.257 e. The number of morpholine rings is 1. The predicted molar refractivity (Wildman–Crippen MR) is 117 cm³/mol. The van der Waals surface area contributed by atoms with Crippen LogP contribution in [0.25, 0.3) is 10.9 Å². The van der Waals surface area contributed by atoms with Crippen LogP contribution in [0.2, 0.25) is 0 Å². The van der Waals surface area contributed by atoms with Crippen LogP contribution in [0.15, 0.2) is 36.5 Å². The quantitative estimate of drug-likeness (QED) is 0.625. The first kappa shape index (κ1) is 21.8. The van der Waals surface area contributed by atoms with E-state index in [2.05, 4.69) is 15.3 Å². The topological polar surface area (TPSA) is 118 Å². The first-order valence-corrected chi connectivity index (χ1v) is 10.5. The van der Waals surface area contributed by atoms with Gasteiger partial charge in [-0.1, -0.05) is 18.2 Å². The Morgan fingerprint density at radius 1 is 1.22 bits per heavy atom. The highest BCUT2D eigenvalue weighted by molar-refractivity contribution is 6.06. The SMILES string of the molecule is Cc1ncc(C(=O)N2CCOC(c3cc(C(=O)NCCO)c4ccccc4n3)C2)c(C)n1. The number of aryl methyl sites for hydroxylation is 2. The predicted octanol–water partition coefficient (Wildman–Crippen LogP) is 1.58. The number of amides is 2. The van der Waals surface area contributed by atoms with Gasteiger partial charge < -0.3 is 20.1 Å². The third-order valence-corrected chi connectivity index (χ3v) is 5.39. The fourth-order valence-corrected chi connectivity index (χ4v) is 3.79. The van der Waals surface area contributed by atoms with Gasteiger partial charge in [-0.25, -0.2) is 15.0 Å². The summed E-state index contributed by atoms with van der Waals surface area (Å²) in [6.07, 6.45) is 1.08. The molecule has 1 aromatic carbocycles. The first-order chi connectivity index (χ1) is 15.5. The van der Waals surface area contributed by atoms with E-state index in [1.807, 2.05) is 24.3 Å². The van der Waals surface area contributed by atoms with Gasteiger partial charge in [0.25, 0.3) is 11.8 Å². The molecule has 0 aliphatic carbocycles. The molecule has 2 amide bonds. The number of hydrogen-bond acceptors (Lipinski definition) is 7. The van der Waals surface area contributed by atoms with E-state index >= 15 is 0 Å². The van der Waals surface area contributed by atoms with Crippen LogP contribution in [-0.4, -0.2) is 69.6 Å². The lowest BCUT2D eigenvalue weighted by atomic mass is 10.0. The van der Waals surface area contributed by atoms with E-state index in [9.17, 15) is 9.59 Å². The molecule has 32 heavy (non-hydrogen) atoms. The number of aliphatic hydroxyl groups is 1. The van der Waals surface area contributed by atoms with Crippen LogP contribution < -0.4 is 5.32 Å². The van der Waals surface area contributed by atoms with Gasteiger partial charge in [-0.2, -0.15) is 0 Å². The highest BCUT2D eigenvalue weighted by Crippen LogP contribution is 2.27. The third-order valence-electron chi connectivity index (χ3n) is 5.39. The standard InChI is InChI=1S/C23H25N5O4/c1-14-18(12-25-15(2)26-14)23(31)28-8-10-32-21(13-28)20-11-17(22(30)24-7-9-29)16-5-3-4-6-19(16)27-20/h3-6,11-12,21,29H,7-10,13H2,1-2H3,(H,24,30). The molecule has 9 heteroatoms. The minimum absolute atomic E-state index is 0.146. The van der Waals surface area contributed by atoms with Gasteiger partial charge in [0.15, 0.2) is 0 Å². The van der Waals surface area contributed by atoms with Crippen molar-refractivity contribution in [3.63, 3.8) is 0 Å².